The van der Waals surface area contributed by atoms with Crippen LogP contribution in [-0.2, 0) is 19.5 Å². The van der Waals surface area contributed by atoms with Gasteiger partial charge in [-0.15, -0.1) is 0 Å². The Balaban J connectivity index is 1.52. The van der Waals surface area contributed by atoms with Crippen LogP contribution in [0.2, 0.25) is 0 Å². The summed E-state index contributed by atoms with van der Waals surface area (Å²) in [6.07, 6.45) is 4.88. The van der Waals surface area contributed by atoms with Gasteiger partial charge in [-0.3, -0.25) is 9.59 Å². The molecule has 7 heteroatoms. The first-order valence-corrected chi connectivity index (χ1v) is 9.97. The van der Waals surface area contributed by atoms with Gasteiger partial charge in [-0.2, -0.15) is 0 Å². The Bertz CT molecular complexity index is 867. The Morgan fingerprint density at radius 3 is 2.50 bits per heavy atom. The molecule has 0 bridgehead atoms. The van der Waals surface area contributed by atoms with Gasteiger partial charge in [-0.05, 0) is 49.8 Å². The fourth-order valence-electron chi connectivity index (χ4n) is 3.96. The van der Waals surface area contributed by atoms with E-state index in [1.165, 1.54) is 0 Å². The van der Waals surface area contributed by atoms with Crippen molar-refractivity contribution in [2.75, 3.05) is 20.2 Å². The van der Waals surface area contributed by atoms with E-state index >= 15 is 0 Å². The van der Waals surface area contributed by atoms with Gasteiger partial charge in [0.05, 0.1) is 12.8 Å². The molecule has 4 rings (SSSR count). The van der Waals surface area contributed by atoms with E-state index in [0.29, 0.717) is 18.1 Å². The number of likely N-dealkylation sites (tertiary alicyclic amines) is 1. The number of hydrogen-bond donors (Lipinski definition) is 1. The van der Waals surface area contributed by atoms with E-state index in [-0.39, 0.29) is 11.8 Å². The average Bonchev–Trinajstić information content (AvgIpc) is 3.40. The molecule has 2 aliphatic rings. The SMILES string of the molecule is COc1ccc(CNC(=O)c2nc(C(=O)N3CCCC3)n3c2CCCC3)cc1. The second kappa shape index (κ2) is 8.04. The zero-order chi connectivity index (χ0) is 19.5. The summed E-state index contributed by atoms with van der Waals surface area (Å²) in [7, 11) is 1.62. The molecule has 0 spiro atoms. The minimum Gasteiger partial charge on any atom is -0.497 e. The maximum atomic E-state index is 12.9. The number of ether oxygens (including phenoxy) is 1. The number of hydrogen-bond acceptors (Lipinski definition) is 4. The maximum absolute atomic E-state index is 12.9. The van der Waals surface area contributed by atoms with Gasteiger partial charge in [-0.25, -0.2) is 4.98 Å². The summed E-state index contributed by atoms with van der Waals surface area (Å²) in [6.45, 7) is 2.72. The Morgan fingerprint density at radius 2 is 1.79 bits per heavy atom. The minimum absolute atomic E-state index is 0.0464. The van der Waals surface area contributed by atoms with Crippen molar-refractivity contribution in [2.24, 2.45) is 0 Å². The summed E-state index contributed by atoms with van der Waals surface area (Å²) in [5.74, 6) is 0.936. The quantitative estimate of drug-likeness (QED) is 0.862. The summed E-state index contributed by atoms with van der Waals surface area (Å²) in [6, 6.07) is 7.58. The molecule has 1 saturated heterocycles. The van der Waals surface area contributed by atoms with Crippen molar-refractivity contribution in [3.8, 4) is 5.75 Å². The van der Waals surface area contributed by atoms with Crippen molar-refractivity contribution in [3.05, 3.63) is 47.0 Å². The molecule has 0 unspecified atom stereocenters. The van der Waals surface area contributed by atoms with Gasteiger partial charge in [0, 0.05) is 26.2 Å². The van der Waals surface area contributed by atoms with Crippen molar-refractivity contribution < 1.29 is 14.3 Å². The fraction of sp³-hybridized carbons (Fsp3) is 0.476. The summed E-state index contributed by atoms with van der Waals surface area (Å²) in [5, 5.41) is 2.94. The van der Waals surface area contributed by atoms with Gasteiger partial charge < -0.3 is 19.5 Å². The number of carbonyl (C=O) groups is 2. The number of rotatable bonds is 5. The third-order valence-corrected chi connectivity index (χ3v) is 5.53. The number of nitrogens with zero attached hydrogens (tertiary/aromatic N) is 3. The van der Waals surface area contributed by atoms with E-state index in [4.69, 9.17) is 4.74 Å². The smallest absolute Gasteiger partial charge is 0.289 e. The predicted octanol–water partition coefficient (Wildman–Crippen LogP) is 2.39. The van der Waals surface area contributed by atoms with E-state index < -0.39 is 0 Å². The van der Waals surface area contributed by atoms with Crippen LogP contribution in [0, 0.1) is 0 Å². The highest BCUT2D eigenvalue weighted by Gasteiger charge is 2.30. The lowest BCUT2D eigenvalue weighted by Crippen LogP contribution is -2.31. The summed E-state index contributed by atoms with van der Waals surface area (Å²) in [4.78, 5) is 32.1. The van der Waals surface area contributed by atoms with Crippen molar-refractivity contribution >= 4 is 11.8 Å². The molecule has 28 heavy (non-hydrogen) atoms. The largest absolute Gasteiger partial charge is 0.497 e. The average molecular weight is 382 g/mol. The van der Waals surface area contributed by atoms with Crippen molar-refractivity contribution in [2.45, 2.75) is 45.2 Å². The molecule has 1 N–H and O–H groups in total. The number of methoxy groups -OCH3 is 1. The summed E-state index contributed by atoms with van der Waals surface area (Å²) < 4.78 is 7.12. The molecule has 0 saturated carbocycles. The van der Waals surface area contributed by atoms with E-state index in [2.05, 4.69) is 10.3 Å². The van der Waals surface area contributed by atoms with Gasteiger partial charge >= 0.3 is 0 Å². The maximum Gasteiger partial charge on any atom is 0.289 e. The zero-order valence-electron chi connectivity index (χ0n) is 16.2. The normalized spacial score (nSPS) is 16.0. The highest BCUT2D eigenvalue weighted by molar-refractivity contribution is 5.97. The molecule has 148 valence electrons. The summed E-state index contributed by atoms with van der Waals surface area (Å²) in [5.41, 5.74) is 2.27. The van der Waals surface area contributed by atoms with Gasteiger partial charge in [0.1, 0.15) is 11.4 Å². The first-order valence-electron chi connectivity index (χ1n) is 9.97. The molecular formula is C21H26N4O3. The second-order valence-corrected chi connectivity index (χ2v) is 7.37. The first kappa shape index (κ1) is 18.5. The Morgan fingerprint density at radius 1 is 1.07 bits per heavy atom. The molecule has 1 aromatic carbocycles. The molecule has 0 atom stereocenters. The molecule has 0 aliphatic carbocycles. The highest BCUT2D eigenvalue weighted by atomic mass is 16.5. The molecule has 1 fully saturated rings. The van der Waals surface area contributed by atoms with E-state index in [1.54, 1.807) is 7.11 Å². The van der Waals surface area contributed by atoms with Crippen LogP contribution in [-0.4, -0.2) is 46.5 Å². The van der Waals surface area contributed by atoms with E-state index in [0.717, 1.165) is 68.7 Å². The third-order valence-electron chi connectivity index (χ3n) is 5.53. The molecule has 2 amide bonds. The molecule has 0 radical (unpaired) electrons. The van der Waals surface area contributed by atoms with Crippen LogP contribution in [0.25, 0.3) is 0 Å². The number of benzene rings is 1. The van der Waals surface area contributed by atoms with Gasteiger partial charge in [-0.1, -0.05) is 12.1 Å². The van der Waals surface area contributed by atoms with Crippen LogP contribution >= 0.6 is 0 Å². The van der Waals surface area contributed by atoms with E-state index in [1.807, 2.05) is 33.7 Å². The van der Waals surface area contributed by atoms with Crippen LogP contribution < -0.4 is 10.1 Å². The zero-order valence-corrected chi connectivity index (χ0v) is 16.2. The van der Waals surface area contributed by atoms with Crippen LogP contribution in [0.5, 0.6) is 5.75 Å². The van der Waals surface area contributed by atoms with Crippen molar-refractivity contribution in [3.63, 3.8) is 0 Å². The standard InChI is InChI=1S/C21H26N4O3/c1-28-16-9-7-15(8-10-16)14-22-20(26)18-17-6-2-3-13-25(17)19(23-18)21(27)24-11-4-5-12-24/h7-10H,2-6,11-14H2,1H3,(H,22,26). The lowest BCUT2D eigenvalue weighted by Gasteiger charge is -2.19. The molecule has 2 aromatic rings. The molecule has 1 aromatic heterocycles. The van der Waals surface area contributed by atoms with Crippen LogP contribution in [0.1, 0.15) is 58.0 Å². The molecule has 7 nitrogen and oxygen atoms in total. The lowest BCUT2D eigenvalue weighted by molar-refractivity contribution is 0.0774. The fourth-order valence-corrected chi connectivity index (χ4v) is 3.96. The Kier molecular flexibility index (Phi) is 5.32. The summed E-state index contributed by atoms with van der Waals surface area (Å²) >= 11 is 0. The van der Waals surface area contributed by atoms with Crippen molar-refractivity contribution in [1.82, 2.24) is 19.8 Å². The second-order valence-electron chi connectivity index (χ2n) is 7.37. The van der Waals surface area contributed by atoms with Gasteiger partial charge in [0.15, 0.2) is 5.82 Å². The third kappa shape index (κ3) is 3.61. The van der Waals surface area contributed by atoms with Gasteiger partial charge in [0.2, 0.25) is 0 Å². The van der Waals surface area contributed by atoms with Crippen LogP contribution in [0.3, 0.4) is 0 Å². The highest BCUT2D eigenvalue weighted by Crippen LogP contribution is 2.23. The number of fused-ring (bicyclic) bond motifs is 1. The Hall–Kier alpha value is -2.83. The van der Waals surface area contributed by atoms with Gasteiger partial charge in [0.25, 0.3) is 11.8 Å². The topological polar surface area (TPSA) is 76.5 Å². The first-order chi connectivity index (χ1) is 13.7. The molecule has 2 aliphatic heterocycles. The van der Waals surface area contributed by atoms with Crippen LogP contribution in [0.15, 0.2) is 24.3 Å². The number of nitrogens with one attached hydrogen (secondary N) is 1. The number of amides is 2. The monoisotopic (exact) mass is 382 g/mol. The predicted molar refractivity (Wildman–Crippen MR) is 104 cm³/mol. The van der Waals surface area contributed by atoms with Crippen LogP contribution in [0.4, 0.5) is 0 Å². The number of imidazole rings is 1. The number of aromatic nitrogens is 2. The van der Waals surface area contributed by atoms with Crippen molar-refractivity contribution in [1.29, 1.82) is 0 Å². The lowest BCUT2D eigenvalue weighted by atomic mass is 10.1. The van der Waals surface area contributed by atoms with E-state index in [9.17, 15) is 9.59 Å². The molecular weight excluding hydrogens is 356 g/mol. The minimum atomic E-state index is -0.220. The number of carbonyl (C=O) groups excluding carboxylic acids is 2. The Labute approximate surface area is 164 Å². The molecule has 3 heterocycles.